The molecule has 0 unspecified atom stereocenters. The summed E-state index contributed by atoms with van der Waals surface area (Å²) >= 11 is 0. The maximum Gasteiger partial charge on any atom is 0.325 e. The van der Waals surface area contributed by atoms with E-state index in [0.717, 1.165) is 29.1 Å². The first-order valence-electron chi connectivity index (χ1n) is 10.3. The van der Waals surface area contributed by atoms with Gasteiger partial charge in [0.2, 0.25) is 0 Å². The molecule has 7 nitrogen and oxygen atoms in total. The molecule has 30 heavy (non-hydrogen) atoms. The van der Waals surface area contributed by atoms with Crippen molar-refractivity contribution in [1.29, 1.82) is 0 Å². The molecule has 0 saturated carbocycles. The number of morpholine rings is 1. The summed E-state index contributed by atoms with van der Waals surface area (Å²) in [6.45, 7) is 3.09. The number of rotatable bonds is 7. The Balaban J connectivity index is 1.56. The van der Waals surface area contributed by atoms with E-state index in [-0.39, 0.29) is 12.5 Å². The highest BCUT2D eigenvalue weighted by Crippen LogP contribution is 2.33. The molecular formula is C23H27N3O4. The van der Waals surface area contributed by atoms with Crippen LogP contribution in [0.5, 0.6) is 0 Å². The van der Waals surface area contributed by atoms with Crippen molar-refractivity contribution in [3.05, 3.63) is 71.8 Å². The third-order valence-corrected chi connectivity index (χ3v) is 5.72. The molecule has 2 N–H and O–H groups in total. The zero-order valence-corrected chi connectivity index (χ0v) is 16.9. The zero-order valence-electron chi connectivity index (χ0n) is 16.9. The van der Waals surface area contributed by atoms with Crippen LogP contribution in [0.4, 0.5) is 4.79 Å². The topological polar surface area (TPSA) is 82.1 Å². The lowest BCUT2D eigenvalue weighted by molar-refractivity contribution is -0.132. The van der Waals surface area contributed by atoms with Crippen molar-refractivity contribution in [1.82, 2.24) is 15.1 Å². The molecule has 158 valence electrons. The molecule has 2 aromatic carbocycles. The van der Waals surface area contributed by atoms with Crippen LogP contribution in [-0.4, -0.2) is 72.3 Å². The average molecular weight is 409 g/mol. The van der Waals surface area contributed by atoms with Gasteiger partial charge in [-0.25, -0.2) is 4.79 Å². The number of benzene rings is 2. The largest absolute Gasteiger partial charge is 0.390 e. The van der Waals surface area contributed by atoms with Crippen LogP contribution in [0.15, 0.2) is 60.7 Å². The Labute approximate surface area is 176 Å². The minimum Gasteiger partial charge on any atom is -0.390 e. The zero-order chi connectivity index (χ0) is 21.0. The molecule has 2 aliphatic rings. The second-order valence-corrected chi connectivity index (χ2v) is 7.85. The van der Waals surface area contributed by atoms with E-state index >= 15 is 0 Å². The molecule has 4 rings (SSSR count). The van der Waals surface area contributed by atoms with Crippen molar-refractivity contribution in [2.75, 3.05) is 39.4 Å². The molecule has 2 heterocycles. The van der Waals surface area contributed by atoms with E-state index in [1.54, 1.807) is 0 Å². The second-order valence-electron chi connectivity index (χ2n) is 7.85. The minimum absolute atomic E-state index is 0.0363. The summed E-state index contributed by atoms with van der Waals surface area (Å²) in [5.41, 5.74) is 0.501. The molecule has 0 spiro atoms. The van der Waals surface area contributed by atoms with Crippen LogP contribution in [0.25, 0.3) is 0 Å². The maximum atomic E-state index is 13.6. The normalized spacial score (nSPS) is 23.4. The smallest absolute Gasteiger partial charge is 0.325 e. The second kappa shape index (κ2) is 8.95. The molecular weight excluding hydrogens is 382 g/mol. The lowest BCUT2D eigenvalue weighted by atomic mass is 9.83. The van der Waals surface area contributed by atoms with E-state index in [0.29, 0.717) is 26.2 Å². The van der Waals surface area contributed by atoms with Crippen LogP contribution < -0.4 is 5.32 Å². The third-order valence-electron chi connectivity index (χ3n) is 5.72. The van der Waals surface area contributed by atoms with Crippen molar-refractivity contribution in [3.63, 3.8) is 0 Å². The van der Waals surface area contributed by atoms with Crippen LogP contribution >= 0.6 is 0 Å². The van der Waals surface area contributed by atoms with Crippen LogP contribution in [0.1, 0.15) is 11.1 Å². The number of ether oxygens (including phenoxy) is 1. The minimum atomic E-state index is -1.18. The number of hydrogen-bond donors (Lipinski definition) is 2. The fourth-order valence-electron chi connectivity index (χ4n) is 4.18. The van der Waals surface area contributed by atoms with Crippen LogP contribution in [0.3, 0.4) is 0 Å². The number of carbonyl (C=O) groups is 2. The van der Waals surface area contributed by atoms with Gasteiger partial charge < -0.3 is 15.2 Å². The number of aliphatic hydroxyl groups excluding tert-OH is 1. The molecule has 0 radical (unpaired) electrons. The lowest BCUT2D eigenvalue weighted by Gasteiger charge is -2.30. The van der Waals surface area contributed by atoms with Gasteiger partial charge in [0.05, 0.1) is 25.9 Å². The highest BCUT2D eigenvalue weighted by Gasteiger charge is 2.52. The predicted octanol–water partition coefficient (Wildman–Crippen LogP) is 1.37. The number of amides is 3. The predicted molar refractivity (Wildman–Crippen MR) is 112 cm³/mol. The average Bonchev–Trinajstić information content (AvgIpc) is 3.01. The molecule has 3 amide bonds. The van der Waals surface area contributed by atoms with Gasteiger partial charge in [0.25, 0.3) is 5.91 Å². The van der Waals surface area contributed by atoms with Crippen molar-refractivity contribution in [3.8, 4) is 0 Å². The SMILES string of the molecule is O=C1N[C@](Cc2ccccc2)(c2ccccc2)C(=O)N1C[C@H](O)CN1CCOCC1. The van der Waals surface area contributed by atoms with Gasteiger partial charge in [-0.2, -0.15) is 0 Å². The molecule has 2 aromatic rings. The number of β-amino-alcohol motifs (C(OH)–C–C–N with tert-alkyl or cyclic N) is 1. The Morgan fingerprint density at radius 3 is 2.27 bits per heavy atom. The molecule has 7 heteroatoms. The quantitative estimate of drug-likeness (QED) is 0.675. The molecule has 2 saturated heterocycles. The molecule has 0 bridgehead atoms. The van der Waals surface area contributed by atoms with Crippen LogP contribution in [0.2, 0.25) is 0 Å². The molecule has 2 fully saturated rings. The fourth-order valence-corrected chi connectivity index (χ4v) is 4.18. The van der Waals surface area contributed by atoms with Gasteiger partial charge in [0, 0.05) is 26.1 Å². The standard InChI is InChI=1S/C23H27N3O4/c27-20(16-25-11-13-30-14-12-25)17-26-21(28)23(24-22(26)29,19-9-5-2-6-10-19)15-18-7-3-1-4-8-18/h1-10,20,27H,11-17H2,(H,24,29)/t20-,23-/m1/s1. The highest BCUT2D eigenvalue weighted by molar-refractivity contribution is 6.07. The summed E-state index contributed by atoms with van der Waals surface area (Å²) < 4.78 is 5.33. The fraction of sp³-hybridized carbons (Fsp3) is 0.391. The number of carbonyl (C=O) groups excluding carboxylic acids is 2. The van der Waals surface area contributed by atoms with Gasteiger partial charge in [0.15, 0.2) is 5.54 Å². The van der Waals surface area contributed by atoms with Gasteiger partial charge in [-0.1, -0.05) is 60.7 Å². The Morgan fingerprint density at radius 1 is 0.967 bits per heavy atom. The van der Waals surface area contributed by atoms with Crippen molar-refractivity contribution in [2.45, 2.75) is 18.1 Å². The Hall–Kier alpha value is -2.74. The monoisotopic (exact) mass is 409 g/mol. The first kappa shape index (κ1) is 20.5. The molecule has 0 aliphatic carbocycles. The Kier molecular flexibility index (Phi) is 6.13. The molecule has 2 atom stereocenters. The van der Waals surface area contributed by atoms with Gasteiger partial charge in [-0.3, -0.25) is 14.6 Å². The van der Waals surface area contributed by atoms with E-state index in [2.05, 4.69) is 10.2 Å². The first-order valence-corrected chi connectivity index (χ1v) is 10.3. The van der Waals surface area contributed by atoms with Gasteiger partial charge in [-0.15, -0.1) is 0 Å². The molecule has 2 aliphatic heterocycles. The van der Waals surface area contributed by atoms with Crippen molar-refractivity contribution >= 4 is 11.9 Å². The number of nitrogens with one attached hydrogen (secondary N) is 1. The summed E-state index contributed by atoms with van der Waals surface area (Å²) in [6, 6.07) is 18.5. The summed E-state index contributed by atoms with van der Waals surface area (Å²) in [5, 5.41) is 13.5. The van der Waals surface area contributed by atoms with Gasteiger partial charge >= 0.3 is 6.03 Å². The van der Waals surface area contributed by atoms with E-state index in [4.69, 9.17) is 4.74 Å². The summed E-state index contributed by atoms with van der Waals surface area (Å²) in [5.74, 6) is -0.330. The highest BCUT2D eigenvalue weighted by atomic mass is 16.5. The summed E-state index contributed by atoms with van der Waals surface area (Å²) in [7, 11) is 0. The van der Waals surface area contributed by atoms with E-state index in [1.165, 1.54) is 0 Å². The third kappa shape index (κ3) is 4.23. The Bertz CT molecular complexity index is 871. The number of imide groups is 1. The first-order chi connectivity index (χ1) is 14.6. The van der Waals surface area contributed by atoms with E-state index < -0.39 is 17.7 Å². The van der Waals surface area contributed by atoms with Gasteiger partial charge in [-0.05, 0) is 11.1 Å². The number of urea groups is 1. The number of nitrogens with zero attached hydrogens (tertiary/aromatic N) is 2. The van der Waals surface area contributed by atoms with E-state index in [9.17, 15) is 14.7 Å². The van der Waals surface area contributed by atoms with Crippen LogP contribution in [0, 0.1) is 0 Å². The summed E-state index contributed by atoms with van der Waals surface area (Å²) in [4.78, 5) is 29.6. The number of aliphatic hydroxyl groups is 1. The van der Waals surface area contributed by atoms with Crippen molar-refractivity contribution < 1.29 is 19.4 Å². The number of hydrogen-bond acceptors (Lipinski definition) is 5. The lowest BCUT2D eigenvalue weighted by Crippen LogP contribution is -2.48. The van der Waals surface area contributed by atoms with Crippen LogP contribution in [-0.2, 0) is 21.5 Å². The molecule has 0 aromatic heterocycles. The maximum absolute atomic E-state index is 13.6. The summed E-state index contributed by atoms with van der Waals surface area (Å²) in [6.07, 6.45) is -0.473. The van der Waals surface area contributed by atoms with Crippen molar-refractivity contribution in [2.24, 2.45) is 0 Å². The van der Waals surface area contributed by atoms with E-state index in [1.807, 2.05) is 60.7 Å². The van der Waals surface area contributed by atoms with Gasteiger partial charge in [0.1, 0.15) is 0 Å². The Morgan fingerprint density at radius 2 is 1.60 bits per heavy atom.